The molecule has 1 rings (SSSR count). The fourth-order valence-electron chi connectivity index (χ4n) is 1.36. The van der Waals surface area contributed by atoms with E-state index in [1.165, 1.54) is 27.9 Å². The molecule has 1 aromatic rings. The van der Waals surface area contributed by atoms with E-state index < -0.39 is 0 Å². The molecule has 14 heavy (non-hydrogen) atoms. The minimum absolute atomic E-state index is 0.489. The molecule has 0 radical (unpaired) electrons. The van der Waals surface area contributed by atoms with Crippen LogP contribution in [0.15, 0.2) is 15.9 Å². The zero-order valence-corrected chi connectivity index (χ0v) is 11.2. The van der Waals surface area contributed by atoms with E-state index in [2.05, 4.69) is 47.2 Å². The number of unbranched alkanes of at least 4 members (excludes halogenated alkanes) is 2. The smallest absolute Gasteiger partial charge is 0.0701 e. The number of nitrogens with one attached hydrogen (secondary N) is 1. The Morgan fingerprint density at radius 1 is 1.43 bits per heavy atom. The van der Waals surface area contributed by atoms with E-state index in [4.69, 9.17) is 0 Å². The Kier molecular flexibility index (Phi) is 5.75. The van der Waals surface area contributed by atoms with Crippen LogP contribution < -0.4 is 5.32 Å². The molecule has 0 aliphatic heterocycles. The van der Waals surface area contributed by atoms with Crippen LogP contribution in [0.1, 0.15) is 44.0 Å². The highest BCUT2D eigenvalue weighted by Crippen LogP contribution is 2.26. The van der Waals surface area contributed by atoms with Gasteiger partial charge in [0, 0.05) is 10.9 Å². The van der Waals surface area contributed by atoms with Crippen LogP contribution in [0.5, 0.6) is 0 Å². The lowest BCUT2D eigenvalue weighted by Gasteiger charge is -2.11. The predicted molar refractivity (Wildman–Crippen MR) is 68.0 cm³/mol. The SMILES string of the molecule is CCCCCN[C@@H](C)c1ccc(Br)s1. The summed E-state index contributed by atoms with van der Waals surface area (Å²) < 4.78 is 1.22. The molecule has 80 valence electrons. The molecule has 1 heterocycles. The average molecular weight is 276 g/mol. The van der Waals surface area contributed by atoms with Crippen LogP contribution in [0, 0.1) is 0 Å². The second-order valence-electron chi connectivity index (χ2n) is 3.52. The molecule has 0 saturated carbocycles. The van der Waals surface area contributed by atoms with E-state index in [0.717, 1.165) is 6.54 Å². The van der Waals surface area contributed by atoms with Crippen molar-refractivity contribution in [2.75, 3.05) is 6.54 Å². The van der Waals surface area contributed by atoms with Gasteiger partial charge in [-0.1, -0.05) is 19.8 Å². The Morgan fingerprint density at radius 3 is 2.79 bits per heavy atom. The summed E-state index contributed by atoms with van der Waals surface area (Å²) >= 11 is 5.30. The van der Waals surface area contributed by atoms with Crippen molar-refractivity contribution in [3.63, 3.8) is 0 Å². The maximum absolute atomic E-state index is 3.54. The maximum Gasteiger partial charge on any atom is 0.0701 e. The summed E-state index contributed by atoms with van der Waals surface area (Å²) in [4.78, 5) is 1.41. The molecule has 3 heteroatoms. The molecule has 1 nitrogen and oxygen atoms in total. The number of thiophene rings is 1. The number of rotatable bonds is 6. The van der Waals surface area contributed by atoms with E-state index in [0.29, 0.717) is 6.04 Å². The number of hydrogen-bond donors (Lipinski definition) is 1. The Bertz CT molecular complexity index is 260. The molecule has 0 amide bonds. The third-order valence-corrected chi connectivity index (χ3v) is 4.06. The minimum Gasteiger partial charge on any atom is -0.309 e. The third-order valence-electron chi connectivity index (χ3n) is 2.25. The van der Waals surface area contributed by atoms with Gasteiger partial charge >= 0.3 is 0 Å². The monoisotopic (exact) mass is 275 g/mol. The van der Waals surface area contributed by atoms with Crippen LogP contribution in [0.25, 0.3) is 0 Å². The summed E-state index contributed by atoms with van der Waals surface area (Å²) in [7, 11) is 0. The molecule has 0 aliphatic carbocycles. The lowest BCUT2D eigenvalue weighted by molar-refractivity contribution is 0.549. The first-order valence-electron chi connectivity index (χ1n) is 5.22. The summed E-state index contributed by atoms with van der Waals surface area (Å²) in [6, 6.07) is 4.79. The van der Waals surface area contributed by atoms with Crippen LogP contribution >= 0.6 is 27.3 Å². The van der Waals surface area contributed by atoms with Crippen LogP contribution in [-0.4, -0.2) is 6.54 Å². The zero-order valence-electron chi connectivity index (χ0n) is 8.85. The second-order valence-corrected chi connectivity index (χ2v) is 6.02. The Morgan fingerprint density at radius 2 is 2.21 bits per heavy atom. The lowest BCUT2D eigenvalue weighted by atomic mass is 10.2. The molecular formula is C11H18BrNS. The quantitative estimate of drug-likeness (QED) is 0.762. The average Bonchev–Trinajstić information content (AvgIpc) is 2.59. The summed E-state index contributed by atoms with van der Waals surface area (Å²) in [5.41, 5.74) is 0. The number of halogens is 1. The van der Waals surface area contributed by atoms with Gasteiger partial charge in [-0.2, -0.15) is 0 Å². The van der Waals surface area contributed by atoms with Gasteiger partial charge < -0.3 is 5.32 Å². The van der Waals surface area contributed by atoms with Crippen molar-refractivity contribution < 1.29 is 0 Å². The van der Waals surface area contributed by atoms with E-state index in [1.54, 1.807) is 0 Å². The molecule has 0 fully saturated rings. The fourth-order valence-corrected chi connectivity index (χ4v) is 2.81. The summed E-state index contributed by atoms with van der Waals surface area (Å²) in [6.07, 6.45) is 3.90. The second kappa shape index (κ2) is 6.59. The summed E-state index contributed by atoms with van der Waals surface area (Å²) in [5, 5.41) is 3.54. The van der Waals surface area contributed by atoms with E-state index >= 15 is 0 Å². The molecule has 0 aliphatic rings. The van der Waals surface area contributed by atoms with Crippen molar-refractivity contribution in [2.45, 2.75) is 39.2 Å². The highest BCUT2D eigenvalue weighted by atomic mass is 79.9. The molecule has 0 aromatic carbocycles. The first-order chi connectivity index (χ1) is 6.74. The number of hydrogen-bond acceptors (Lipinski definition) is 2. The minimum atomic E-state index is 0.489. The van der Waals surface area contributed by atoms with Crippen molar-refractivity contribution in [1.29, 1.82) is 0 Å². The molecule has 0 saturated heterocycles. The molecule has 0 bridgehead atoms. The topological polar surface area (TPSA) is 12.0 Å². The van der Waals surface area contributed by atoms with Crippen LogP contribution in [0.4, 0.5) is 0 Å². The van der Waals surface area contributed by atoms with E-state index in [-0.39, 0.29) is 0 Å². The molecular weight excluding hydrogens is 258 g/mol. The molecule has 1 aromatic heterocycles. The van der Waals surface area contributed by atoms with Crippen LogP contribution in [0.2, 0.25) is 0 Å². The van der Waals surface area contributed by atoms with E-state index in [1.807, 2.05) is 11.3 Å². The maximum atomic E-state index is 3.54. The van der Waals surface area contributed by atoms with Crippen molar-refractivity contribution in [1.82, 2.24) is 5.32 Å². The Balaban J connectivity index is 2.25. The largest absolute Gasteiger partial charge is 0.309 e. The Labute approximate surface area is 99.0 Å². The van der Waals surface area contributed by atoms with Crippen LogP contribution in [-0.2, 0) is 0 Å². The highest BCUT2D eigenvalue weighted by Gasteiger charge is 2.06. The van der Waals surface area contributed by atoms with Gasteiger partial charge in [-0.25, -0.2) is 0 Å². The molecule has 1 N–H and O–H groups in total. The van der Waals surface area contributed by atoms with Gasteiger partial charge in [0.2, 0.25) is 0 Å². The highest BCUT2D eigenvalue weighted by molar-refractivity contribution is 9.11. The standard InChI is InChI=1S/C11H18BrNS/c1-3-4-5-8-13-9(2)10-6-7-11(12)14-10/h6-7,9,13H,3-5,8H2,1-2H3/t9-/m0/s1. The van der Waals surface area contributed by atoms with Gasteiger partial charge in [0.25, 0.3) is 0 Å². The van der Waals surface area contributed by atoms with Gasteiger partial charge in [-0.05, 0) is 48.0 Å². The van der Waals surface area contributed by atoms with Crippen molar-refractivity contribution in [3.05, 3.63) is 20.8 Å². The summed E-state index contributed by atoms with van der Waals surface area (Å²) in [5.74, 6) is 0. The van der Waals surface area contributed by atoms with Gasteiger partial charge in [0.05, 0.1) is 3.79 Å². The van der Waals surface area contributed by atoms with Gasteiger partial charge in [0.1, 0.15) is 0 Å². The lowest BCUT2D eigenvalue weighted by Crippen LogP contribution is -2.18. The van der Waals surface area contributed by atoms with Crippen LogP contribution in [0.3, 0.4) is 0 Å². The Hall–Kier alpha value is 0.140. The molecule has 0 spiro atoms. The van der Waals surface area contributed by atoms with Crippen molar-refractivity contribution >= 4 is 27.3 Å². The van der Waals surface area contributed by atoms with Crippen molar-refractivity contribution in [3.8, 4) is 0 Å². The third kappa shape index (κ3) is 4.11. The normalized spacial score (nSPS) is 13.1. The first kappa shape index (κ1) is 12.2. The predicted octanol–water partition coefficient (Wildman–Crippen LogP) is 4.35. The first-order valence-corrected chi connectivity index (χ1v) is 6.83. The zero-order chi connectivity index (χ0) is 10.4. The molecule has 1 atom stereocenters. The fraction of sp³-hybridized carbons (Fsp3) is 0.636. The van der Waals surface area contributed by atoms with E-state index in [9.17, 15) is 0 Å². The van der Waals surface area contributed by atoms with Gasteiger partial charge in [0.15, 0.2) is 0 Å². The van der Waals surface area contributed by atoms with Crippen molar-refractivity contribution in [2.24, 2.45) is 0 Å². The molecule has 0 unspecified atom stereocenters. The van der Waals surface area contributed by atoms with Gasteiger partial charge in [-0.3, -0.25) is 0 Å². The summed E-state index contributed by atoms with van der Waals surface area (Å²) in [6.45, 7) is 5.59. The van der Waals surface area contributed by atoms with Gasteiger partial charge in [-0.15, -0.1) is 11.3 Å².